The fraction of sp³-hybridized carbons (Fsp3) is 0.467. The zero-order chi connectivity index (χ0) is 13.7. The number of nitrogens with zero attached hydrogens (tertiary/aromatic N) is 2. The molecule has 4 nitrogen and oxygen atoms in total. The third kappa shape index (κ3) is 3.89. The molecular formula is C15H22N4. The van der Waals surface area contributed by atoms with Crippen molar-refractivity contribution in [3.05, 3.63) is 36.0 Å². The van der Waals surface area contributed by atoms with Gasteiger partial charge >= 0.3 is 0 Å². The number of hydrogen-bond acceptors (Lipinski definition) is 3. The van der Waals surface area contributed by atoms with Gasteiger partial charge in [0.2, 0.25) is 0 Å². The summed E-state index contributed by atoms with van der Waals surface area (Å²) in [5.74, 6) is 0.702. The summed E-state index contributed by atoms with van der Waals surface area (Å²) in [6.45, 7) is 7.43. The maximum absolute atomic E-state index is 4.25. The molecule has 0 saturated carbocycles. The Labute approximate surface area is 114 Å². The van der Waals surface area contributed by atoms with Crippen LogP contribution in [0.2, 0.25) is 0 Å². The SMILES string of the molecule is CC(C)CC(C)NCc1n[nH]nc1-c1ccccc1. The van der Waals surface area contributed by atoms with Gasteiger partial charge in [-0.3, -0.25) is 0 Å². The lowest BCUT2D eigenvalue weighted by atomic mass is 10.0. The van der Waals surface area contributed by atoms with Crippen LogP contribution in [0.25, 0.3) is 11.3 Å². The van der Waals surface area contributed by atoms with E-state index in [2.05, 4.69) is 53.6 Å². The molecule has 1 atom stereocenters. The van der Waals surface area contributed by atoms with E-state index in [-0.39, 0.29) is 0 Å². The van der Waals surface area contributed by atoms with Crippen LogP contribution in [0.5, 0.6) is 0 Å². The second-order valence-corrected chi connectivity index (χ2v) is 5.40. The van der Waals surface area contributed by atoms with Crippen molar-refractivity contribution in [2.45, 2.75) is 39.8 Å². The smallest absolute Gasteiger partial charge is 0.117 e. The highest BCUT2D eigenvalue weighted by atomic mass is 15.3. The van der Waals surface area contributed by atoms with Crippen molar-refractivity contribution in [3.63, 3.8) is 0 Å². The van der Waals surface area contributed by atoms with E-state index in [1.807, 2.05) is 18.2 Å². The number of nitrogens with one attached hydrogen (secondary N) is 2. The minimum atomic E-state index is 0.486. The van der Waals surface area contributed by atoms with Gasteiger partial charge in [0.1, 0.15) is 11.4 Å². The molecule has 2 N–H and O–H groups in total. The second-order valence-electron chi connectivity index (χ2n) is 5.40. The summed E-state index contributed by atoms with van der Waals surface area (Å²) in [5.41, 5.74) is 3.01. The summed E-state index contributed by atoms with van der Waals surface area (Å²) in [7, 11) is 0. The monoisotopic (exact) mass is 258 g/mol. The van der Waals surface area contributed by atoms with Crippen molar-refractivity contribution in [3.8, 4) is 11.3 Å². The van der Waals surface area contributed by atoms with Gasteiger partial charge < -0.3 is 5.32 Å². The van der Waals surface area contributed by atoms with Crippen molar-refractivity contribution in [1.82, 2.24) is 20.7 Å². The molecule has 19 heavy (non-hydrogen) atoms. The van der Waals surface area contributed by atoms with E-state index in [9.17, 15) is 0 Å². The molecule has 0 saturated heterocycles. The maximum Gasteiger partial charge on any atom is 0.117 e. The Hall–Kier alpha value is -1.68. The maximum atomic E-state index is 4.25. The average Bonchev–Trinajstić information content (AvgIpc) is 2.85. The molecule has 1 aromatic carbocycles. The van der Waals surface area contributed by atoms with Crippen LogP contribution in [0.15, 0.2) is 30.3 Å². The van der Waals surface area contributed by atoms with Crippen LogP contribution in [0, 0.1) is 5.92 Å². The average molecular weight is 258 g/mol. The molecule has 0 spiro atoms. The van der Waals surface area contributed by atoms with Crippen LogP contribution in [0.1, 0.15) is 32.9 Å². The number of aromatic amines is 1. The lowest BCUT2D eigenvalue weighted by molar-refractivity contribution is 0.439. The van der Waals surface area contributed by atoms with Crippen LogP contribution in [-0.2, 0) is 6.54 Å². The van der Waals surface area contributed by atoms with E-state index in [1.165, 1.54) is 6.42 Å². The van der Waals surface area contributed by atoms with Gasteiger partial charge in [0, 0.05) is 18.2 Å². The van der Waals surface area contributed by atoms with Crippen molar-refractivity contribution in [1.29, 1.82) is 0 Å². The summed E-state index contributed by atoms with van der Waals surface area (Å²) in [6.07, 6.45) is 1.17. The number of benzene rings is 1. The molecule has 0 amide bonds. The fourth-order valence-electron chi connectivity index (χ4n) is 2.26. The lowest BCUT2D eigenvalue weighted by Gasteiger charge is -2.15. The standard InChI is InChI=1S/C15H22N4/c1-11(2)9-12(3)16-10-14-15(18-19-17-14)13-7-5-4-6-8-13/h4-8,11-12,16H,9-10H2,1-3H3,(H,17,18,19). The van der Waals surface area contributed by atoms with E-state index in [0.29, 0.717) is 12.0 Å². The quantitative estimate of drug-likeness (QED) is 0.837. The minimum Gasteiger partial charge on any atom is -0.309 e. The molecule has 1 heterocycles. The van der Waals surface area contributed by atoms with Gasteiger partial charge in [0.25, 0.3) is 0 Å². The van der Waals surface area contributed by atoms with Gasteiger partial charge in [-0.1, -0.05) is 44.2 Å². The predicted octanol–water partition coefficient (Wildman–Crippen LogP) is 3.00. The summed E-state index contributed by atoms with van der Waals surface area (Å²) in [4.78, 5) is 0. The normalized spacial score (nSPS) is 12.8. The molecule has 0 fully saturated rings. The van der Waals surface area contributed by atoms with Crippen LogP contribution >= 0.6 is 0 Å². The number of rotatable bonds is 6. The molecule has 0 bridgehead atoms. The van der Waals surface area contributed by atoms with Gasteiger partial charge in [-0.15, -0.1) is 0 Å². The Morgan fingerprint density at radius 2 is 1.84 bits per heavy atom. The molecule has 0 aliphatic carbocycles. The van der Waals surface area contributed by atoms with E-state index < -0.39 is 0 Å². The first-order valence-corrected chi connectivity index (χ1v) is 6.85. The highest BCUT2D eigenvalue weighted by Crippen LogP contribution is 2.19. The highest BCUT2D eigenvalue weighted by Gasteiger charge is 2.11. The van der Waals surface area contributed by atoms with E-state index in [4.69, 9.17) is 0 Å². The molecule has 2 aromatic rings. The Morgan fingerprint density at radius 1 is 1.11 bits per heavy atom. The van der Waals surface area contributed by atoms with Crippen LogP contribution < -0.4 is 5.32 Å². The third-order valence-corrected chi connectivity index (χ3v) is 3.11. The first kappa shape index (κ1) is 13.7. The van der Waals surface area contributed by atoms with E-state index >= 15 is 0 Å². The summed E-state index contributed by atoms with van der Waals surface area (Å²) in [5, 5.41) is 14.7. The molecule has 4 heteroatoms. The number of H-pyrrole nitrogens is 1. The van der Waals surface area contributed by atoms with E-state index in [1.54, 1.807) is 0 Å². The zero-order valence-electron chi connectivity index (χ0n) is 11.9. The summed E-state index contributed by atoms with van der Waals surface area (Å²) >= 11 is 0. The topological polar surface area (TPSA) is 53.6 Å². The highest BCUT2D eigenvalue weighted by molar-refractivity contribution is 5.60. The zero-order valence-corrected chi connectivity index (χ0v) is 11.9. The van der Waals surface area contributed by atoms with Crippen LogP contribution in [0.4, 0.5) is 0 Å². The van der Waals surface area contributed by atoms with Crippen molar-refractivity contribution in [2.75, 3.05) is 0 Å². The Kier molecular flexibility index (Phi) is 4.68. The molecule has 102 valence electrons. The van der Waals surface area contributed by atoms with Gasteiger partial charge in [-0.2, -0.15) is 15.4 Å². The van der Waals surface area contributed by atoms with Gasteiger partial charge in [0.05, 0.1) is 0 Å². The third-order valence-electron chi connectivity index (χ3n) is 3.11. The van der Waals surface area contributed by atoms with Crippen molar-refractivity contribution < 1.29 is 0 Å². The first-order valence-electron chi connectivity index (χ1n) is 6.85. The lowest BCUT2D eigenvalue weighted by Crippen LogP contribution is -2.27. The molecule has 1 aromatic heterocycles. The fourth-order valence-corrected chi connectivity index (χ4v) is 2.26. The largest absolute Gasteiger partial charge is 0.309 e. The second kappa shape index (κ2) is 6.48. The first-order chi connectivity index (χ1) is 9.16. The molecule has 1 unspecified atom stereocenters. The Balaban J connectivity index is 2.01. The number of hydrogen-bond donors (Lipinski definition) is 2. The Bertz CT molecular complexity index is 490. The van der Waals surface area contributed by atoms with Gasteiger partial charge in [0.15, 0.2) is 0 Å². The summed E-state index contributed by atoms with van der Waals surface area (Å²) < 4.78 is 0. The van der Waals surface area contributed by atoms with E-state index in [0.717, 1.165) is 23.5 Å². The molecule has 2 rings (SSSR count). The summed E-state index contributed by atoms with van der Waals surface area (Å²) in [6, 6.07) is 10.6. The van der Waals surface area contributed by atoms with Crippen molar-refractivity contribution >= 4 is 0 Å². The number of aromatic nitrogens is 3. The minimum absolute atomic E-state index is 0.486. The molecule has 0 radical (unpaired) electrons. The predicted molar refractivity (Wildman–Crippen MR) is 77.6 cm³/mol. The van der Waals surface area contributed by atoms with Gasteiger partial charge in [-0.05, 0) is 19.3 Å². The van der Waals surface area contributed by atoms with Crippen LogP contribution in [0.3, 0.4) is 0 Å². The van der Waals surface area contributed by atoms with Crippen LogP contribution in [-0.4, -0.2) is 21.5 Å². The molecular weight excluding hydrogens is 236 g/mol. The van der Waals surface area contributed by atoms with Gasteiger partial charge in [-0.25, -0.2) is 0 Å². The Morgan fingerprint density at radius 3 is 2.53 bits per heavy atom. The van der Waals surface area contributed by atoms with Crippen molar-refractivity contribution in [2.24, 2.45) is 5.92 Å². The molecule has 0 aliphatic rings. The molecule has 0 aliphatic heterocycles.